The van der Waals surface area contributed by atoms with Crippen molar-refractivity contribution in [1.29, 1.82) is 0 Å². The molecule has 1 nitrogen and oxygen atoms in total. The van der Waals surface area contributed by atoms with E-state index in [1.807, 2.05) is 13.8 Å². The molecule has 0 aromatic rings. The van der Waals surface area contributed by atoms with E-state index in [0.717, 1.165) is 0 Å². The van der Waals surface area contributed by atoms with Crippen molar-refractivity contribution in [2.75, 3.05) is 13.6 Å². The largest absolute Gasteiger partial charge is 0.301 e. The van der Waals surface area contributed by atoms with Crippen molar-refractivity contribution in [3.8, 4) is 0 Å². The Kier molecular flexibility index (Phi) is 7.26. The molecule has 0 bridgehead atoms. The monoisotopic (exact) mass is 199 g/mol. The van der Waals surface area contributed by atoms with Gasteiger partial charge in [-0.05, 0) is 39.3 Å². The molecule has 1 saturated heterocycles. The molecule has 0 aromatic carbocycles. The Bertz CT molecular complexity index is 125. The van der Waals surface area contributed by atoms with Gasteiger partial charge in [-0.1, -0.05) is 40.5 Å². The molecule has 86 valence electrons. The maximum atomic E-state index is 2.60. The first-order chi connectivity index (χ1) is 6.75. The van der Waals surface area contributed by atoms with Crippen LogP contribution in [0.5, 0.6) is 0 Å². The fraction of sp³-hybridized carbons (Fsp3) is 1.00. The standard InChI is InChI=1S/C11H23N.C2H6/c1-4-7-11(8-5-2)9-6-10-12(11)3;1-2/h4-10H2,1-3H3;1-2H3. The van der Waals surface area contributed by atoms with Gasteiger partial charge in [-0.25, -0.2) is 0 Å². The van der Waals surface area contributed by atoms with Gasteiger partial charge in [-0.3, -0.25) is 0 Å². The lowest BCUT2D eigenvalue weighted by Gasteiger charge is -2.36. The Morgan fingerprint density at radius 2 is 1.57 bits per heavy atom. The lowest BCUT2D eigenvalue weighted by molar-refractivity contribution is 0.145. The van der Waals surface area contributed by atoms with Gasteiger partial charge >= 0.3 is 0 Å². The van der Waals surface area contributed by atoms with E-state index in [9.17, 15) is 0 Å². The third-order valence-corrected chi connectivity index (χ3v) is 3.38. The highest BCUT2D eigenvalue weighted by atomic mass is 15.2. The van der Waals surface area contributed by atoms with Crippen LogP contribution in [0.4, 0.5) is 0 Å². The quantitative estimate of drug-likeness (QED) is 0.659. The molecule has 0 aliphatic carbocycles. The summed E-state index contributed by atoms with van der Waals surface area (Å²) < 4.78 is 0. The molecule has 0 spiro atoms. The molecule has 0 amide bonds. The predicted molar refractivity (Wildman–Crippen MR) is 65.8 cm³/mol. The highest BCUT2D eigenvalue weighted by Crippen LogP contribution is 2.35. The van der Waals surface area contributed by atoms with Gasteiger partial charge < -0.3 is 4.90 Å². The average Bonchev–Trinajstić information content (AvgIpc) is 2.53. The van der Waals surface area contributed by atoms with Gasteiger partial charge in [-0.2, -0.15) is 0 Å². The lowest BCUT2D eigenvalue weighted by Crippen LogP contribution is -2.40. The normalized spacial score (nSPS) is 20.4. The second kappa shape index (κ2) is 7.28. The molecule has 1 aliphatic rings. The van der Waals surface area contributed by atoms with Crippen molar-refractivity contribution in [2.24, 2.45) is 0 Å². The minimum Gasteiger partial charge on any atom is -0.301 e. The summed E-state index contributed by atoms with van der Waals surface area (Å²) in [7, 11) is 2.30. The van der Waals surface area contributed by atoms with E-state index in [4.69, 9.17) is 0 Å². The average molecular weight is 199 g/mol. The zero-order valence-electron chi connectivity index (χ0n) is 10.9. The summed E-state index contributed by atoms with van der Waals surface area (Å²) in [6.07, 6.45) is 8.32. The number of likely N-dealkylation sites (tertiary alicyclic amines) is 1. The highest BCUT2D eigenvalue weighted by molar-refractivity contribution is 4.93. The Morgan fingerprint density at radius 3 is 1.86 bits per heavy atom. The minimum absolute atomic E-state index is 0.587. The molecule has 1 fully saturated rings. The van der Waals surface area contributed by atoms with Crippen LogP contribution in [0.15, 0.2) is 0 Å². The summed E-state index contributed by atoms with van der Waals surface area (Å²) in [6.45, 7) is 9.94. The summed E-state index contributed by atoms with van der Waals surface area (Å²) in [5, 5.41) is 0. The Hall–Kier alpha value is -0.0400. The van der Waals surface area contributed by atoms with Crippen LogP contribution < -0.4 is 0 Å². The van der Waals surface area contributed by atoms with Gasteiger partial charge in [0.1, 0.15) is 0 Å². The van der Waals surface area contributed by atoms with Crippen molar-refractivity contribution < 1.29 is 0 Å². The van der Waals surface area contributed by atoms with Gasteiger partial charge in [0.25, 0.3) is 0 Å². The lowest BCUT2D eigenvalue weighted by atomic mass is 9.86. The molecular weight excluding hydrogens is 170 g/mol. The molecule has 0 saturated carbocycles. The van der Waals surface area contributed by atoms with Crippen molar-refractivity contribution in [2.45, 2.75) is 71.8 Å². The fourth-order valence-electron chi connectivity index (χ4n) is 2.76. The van der Waals surface area contributed by atoms with E-state index in [0.29, 0.717) is 5.54 Å². The number of rotatable bonds is 4. The highest BCUT2D eigenvalue weighted by Gasteiger charge is 2.36. The predicted octanol–water partition coefficient (Wildman–Crippen LogP) is 4.08. The smallest absolute Gasteiger partial charge is 0.0206 e. The van der Waals surface area contributed by atoms with E-state index in [-0.39, 0.29) is 0 Å². The molecule has 0 unspecified atom stereocenters. The SMILES string of the molecule is CC.CCCC1(CCC)CCCN1C. The van der Waals surface area contributed by atoms with Gasteiger partial charge in [-0.15, -0.1) is 0 Å². The van der Waals surface area contributed by atoms with Crippen LogP contribution in [0, 0.1) is 0 Å². The molecule has 1 rings (SSSR count). The first-order valence-electron chi connectivity index (χ1n) is 6.46. The van der Waals surface area contributed by atoms with E-state index < -0.39 is 0 Å². The van der Waals surface area contributed by atoms with E-state index in [2.05, 4.69) is 25.8 Å². The van der Waals surface area contributed by atoms with Crippen LogP contribution in [-0.2, 0) is 0 Å². The fourth-order valence-corrected chi connectivity index (χ4v) is 2.76. The summed E-state index contributed by atoms with van der Waals surface area (Å²) in [6, 6.07) is 0. The van der Waals surface area contributed by atoms with Gasteiger partial charge in [0, 0.05) is 5.54 Å². The third-order valence-electron chi connectivity index (χ3n) is 3.38. The maximum Gasteiger partial charge on any atom is 0.0206 e. The minimum atomic E-state index is 0.587. The summed E-state index contributed by atoms with van der Waals surface area (Å²) >= 11 is 0. The summed E-state index contributed by atoms with van der Waals surface area (Å²) in [5.74, 6) is 0. The molecule has 0 N–H and O–H groups in total. The van der Waals surface area contributed by atoms with Crippen molar-refractivity contribution in [3.05, 3.63) is 0 Å². The first kappa shape index (κ1) is 14.0. The van der Waals surface area contributed by atoms with Crippen LogP contribution in [0.2, 0.25) is 0 Å². The summed E-state index contributed by atoms with van der Waals surface area (Å²) in [5.41, 5.74) is 0.587. The van der Waals surface area contributed by atoms with Crippen molar-refractivity contribution in [3.63, 3.8) is 0 Å². The molecular formula is C13H29N. The molecule has 1 heterocycles. The summed E-state index contributed by atoms with van der Waals surface area (Å²) in [4.78, 5) is 2.60. The topological polar surface area (TPSA) is 3.24 Å². The van der Waals surface area contributed by atoms with Crippen molar-refractivity contribution in [1.82, 2.24) is 4.90 Å². The molecule has 0 atom stereocenters. The van der Waals surface area contributed by atoms with Crippen molar-refractivity contribution >= 4 is 0 Å². The van der Waals surface area contributed by atoms with E-state index in [1.165, 1.54) is 45.1 Å². The molecule has 1 heteroatoms. The third kappa shape index (κ3) is 3.27. The Labute approximate surface area is 90.9 Å². The molecule has 14 heavy (non-hydrogen) atoms. The van der Waals surface area contributed by atoms with Crippen LogP contribution in [0.3, 0.4) is 0 Å². The molecule has 1 aliphatic heterocycles. The van der Waals surface area contributed by atoms with Crippen LogP contribution in [0.1, 0.15) is 66.2 Å². The van der Waals surface area contributed by atoms with Gasteiger partial charge in [0.15, 0.2) is 0 Å². The zero-order valence-corrected chi connectivity index (χ0v) is 10.9. The molecule has 0 radical (unpaired) electrons. The van der Waals surface area contributed by atoms with Crippen LogP contribution in [0.25, 0.3) is 0 Å². The number of hydrogen-bond donors (Lipinski definition) is 0. The second-order valence-electron chi connectivity index (χ2n) is 4.25. The zero-order chi connectivity index (χ0) is 11.0. The first-order valence-corrected chi connectivity index (χ1v) is 6.46. The molecule has 0 aromatic heterocycles. The van der Waals surface area contributed by atoms with Gasteiger partial charge in [0.05, 0.1) is 0 Å². The van der Waals surface area contributed by atoms with E-state index >= 15 is 0 Å². The van der Waals surface area contributed by atoms with E-state index in [1.54, 1.807) is 0 Å². The van der Waals surface area contributed by atoms with Crippen LogP contribution in [-0.4, -0.2) is 24.0 Å². The maximum absolute atomic E-state index is 2.60. The van der Waals surface area contributed by atoms with Gasteiger partial charge in [0.2, 0.25) is 0 Å². The Balaban J connectivity index is 0.000000791. The second-order valence-corrected chi connectivity index (χ2v) is 4.25. The Morgan fingerprint density at radius 1 is 1.07 bits per heavy atom. The number of nitrogens with zero attached hydrogens (tertiary/aromatic N) is 1. The van der Waals surface area contributed by atoms with Crippen LogP contribution >= 0.6 is 0 Å². The number of hydrogen-bond acceptors (Lipinski definition) is 1.